The van der Waals surface area contributed by atoms with Gasteiger partial charge >= 0.3 is 0 Å². The zero-order chi connectivity index (χ0) is 22.2. The molecule has 1 N–H and O–H groups in total. The number of hydrogen-bond donors (Lipinski definition) is 1. The van der Waals surface area contributed by atoms with Crippen LogP contribution in [0.3, 0.4) is 0 Å². The minimum absolute atomic E-state index is 0.00609. The molecule has 0 spiro atoms. The summed E-state index contributed by atoms with van der Waals surface area (Å²) in [7, 11) is 0. The lowest BCUT2D eigenvalue weighted by atomic mass is 10.1. The van der Waals surface area contributed by atoms with Crippen molar-refractivity contribution in [3.8, 4) is 0 Å². The van der Waals surface area contributed by atoms with Gasteiger partial charge in [0, 0.05) is 30.3 Å². The zero-order valence-corrected chi connectivity index (χ0v) is 20.0. The number of furan rings is 1. The number of rotatable bonds is 10. The summed E-state index contributed by atoms with van der Waals surface area (Å²) in [6.07, 6.45) is 5.26. The molecule has 0 aliphatic carbocycles. The Morgan fingerprint density at radius 2 is 1.91 bits per heavy atom. The van der Waals surface area contributed by atoms with Gasteiger partial charge in [-0.1, -0.05) is 29.5 Å². The van der Waals surface area contributed by atoms with Gasteiger partial charge in [-0.25, -0.2) is 0 Å². The monoisotopic (exact) mass is 471 g/mol. The lowest BCUT2D eigenvalue weighted by Crippen LogP contribution is -2.32. The van der Waals surface area contributed by atoms with Gasteiger partial charge in [0.2, 0.25) is 11.9 Å². The Morgan fingerprint density at radius 1 is 1.09 bits per heavy atom. The van der Waals surface area contributed by atoms with Gasteiger partial charge in [-0.3, -0.25) is 9.36 Å². The Bertz CT molecular complexity index is 982. The van der Waals surface area contributed by atoms with Crippen LogP contribution in [0.4, 0.5) is 5.95 Å². The highest BCUT2D eigenvalue weighted by Crippen LogP contribution is 2.25. The fourth-order valence-corrected chi connectivity index (χ4v) is 5.12. The lowest BCUT2D eigenvalue weighted by molar-refractivity contribution is -0.118. The standard InChI is InChI=1S/C23H29N5O2S2/c1-18-7-9-20(10-8-18)31-15-11-24-21(29)17-32-23-26-25-22(27-12-3-2-4-13-27)28(23)16-19-6-5-14-30-19/h5-10,14H,2-4,11-13,15-17H2,1H3,(H,24,29). The topological polar surface area (TPSA) is 76.2 Å². The first-order valence-corrected chi connectivity index (χ1v) is 13.0. The van der Waals surface area contributed by atoms with E-state index in [-0.39, 0.29) is 5.91 Å². The van der Waals surface area contributed by atoms with Crippen LogP contribution in [0.1, 0.15) is 30.6 Å². The van der Waals surface area contributed by atoms with Gasteiger partial charge in [-0.05, 0) is 50.5 Å². The predicted molar refractivity (Wildman–Crippen MR) is 130 cm³/mol. The normalized spacial score (nSPS) is 14.0. The van der Waals surface area contributed by atoms with E-state index in [4.69, 9.17) is 4.42 Å². The van der Waals surface area contributed by atoms with E-state index >= 15 is 0 Å². The van der Waals surface area contributed by atoms with Gasteiger partial charge in [0.25, 0.3) is 0 Å². The number of hydrogen-bond acceptors (Lipinski definition) is 7. The van der Waals surface area contributed by atoms with Crippen LogP contribution < -0.4 is 10.2 Å². The number of aromatic nitrogens is 3. The summed E-state index contributed by atoms with van der Waals surface area (Å²) in [6.45, 7) is 5.25. The number of carbonyl (C=O) groups excluding carboxylic acids is 1. The largest absolute Gasteiger partial charge is 0.467 e. The summed E-state index contributed by atoms with van der Waals surface area (Å²) in [5.41, 5.74) is 1.25. The highest BCUT2D eigenvalue weighted by atomic mass is 32.2. The van der Waals surface area contributed by atoms with Crippen molar-refractivity contribution < 1.29 is 9.21 Å². The van der Waals surface area contributed by atoms with Crippen LogP contribution in [0, 0.1) is 6.92 Å². The van der Waals surface area contributed by atoms with E-state index in [0.29, 0.717) is 18.8 Å². The number of carbonyl (C=O) groups is 1. The van der Waals surface area contributed by atoms with Crippen LogP contribution in [-0.2, 0) is 11.3 Å². The molecule has 1 fully saturated rings. The van der Waals surface area contributed by atoms with Crippen molar-refractivity contribution in [2.24, 2.45) is 0 Å². The number of anilines is 1. The van der Waals surface area contributed by atoms with E-state index in [0.717, 1.165) is 35.7 Å². The molecule has 0 bridgehead atoms. The molecule has 0 saturated carbocycles. The molecule has 32 heavy (non-hydrogen) atoms. The summed E-state index contributed by atoms with van der Waals surface area (Å²) < 4.78 is 7.62. The van der Waals surface area contributed by atoms with Crippen LogP contribution in [0.5, 0.6) is 0 Å². The fraction of sp³-hybridized carbons (Fsp3) is 0.435. The molecule has 1 aliphatic rings. The Kier molecular flexibility index (Phi) is 8.17. The van der Waals surface area contributed by atoms with Crippen molar-refractivity contribution >= 4 is 35.4 Å². The maximum atomic E-state index is 12.4. The number of amides is 1. The van der Waals surface area contributed by atoms with E-state index in [1.165, 1.54) is 41.5 Å². The van der Waals surface area contributed by atoms with Gasteiger partial charge in [0.05, 0.1) is 18.6 Å². The summed E-state index contributed by atoms with van der Waals surface area (Å²) in [5, 5.41) is 12.6. The molecular weight excluding hydrogens is 442 g/mol. The van der Waals surface area contributed by atoms with Crippen LogP contribution in [0.25, 0.3) is 0 Å². The molecule has 1 saturated heterocycles. The van der Waals surface area contributed by atoms with Crippen molar-refractivity contribution in [3.05, 3.63) is 54.0 Å². The molecule has 1 aromatic carbocycles. The minimum Gasteiger partial charge on any atom is -0.467 e. The molecule has 3 aromatic rings. The van der Waals surface area contributed by atoms with Crippen LogP contribution in [0.15, 0.2) is 57.1 Å². The van der Waals surface area contributed by atoms with E-state index in [9.17, 15) is 4.79 Å². The summed E-state index contributed by atoms with van der Waals surface area (Å²) in [5.74, 6) is 2.87. The molecule has 0 atom stereocenters. The molecule has 1 amide bonds. The number of piperidine rings is 1. The summed E-state index contributed by atoms with van der Waals surface area (Å²) >= 11 is 3.17. The second-order valence-corrected chi connectivity index (χ2v) is 9.91. The molecular formula is C23H29N5O2S2. The van der Waals surface area contributed by atoms with E-state index in [1.807, 2.05) is 12.1 Å². The molecule has 0 unspecified atom stereocenters. The van der Waals surface area contributed by atoms with Gasteiger partial charge in [0.1, 0.15) is 5.76 Å². The number of nitrogens with zero attached hydrogens (tertiary/aromatic N) is 4. The lowest BCUT2D eigenvalue weighted by Gasteiger charge is -2.27. The minimum atomic E-state index is 0.00609. The van der Waals surface area contributed by atoms with Crippen molar-refractivity contribution in [3.63, 3.8) is 0 Å². The third kappa shape index (κ3) is 6.32. The first kappa shape index (κ1) is 22.8. The fourth-order valence-electron chi connectivity index (χ4n) is 3.59. The van der Waals surface area contributed by atoms with Crippen molar-refractivity contribution in [2.45, 2.75) is 42.8 Å². The van der Waals surface area contributed by atoms with E-state index in [2.05, 4.69) is 56.2 Å². The quantitative estimate of drug-likeness (QED) is 0.350. The molecule has 170 valence electrons. The van der Waals surface area contributed by atoms with Crippen LogP contribution in [-0.4, -0.2) is 51.8 Å². The Balaban J connectivity index is 1.30. The Hall–Kier alpha value is -2.39. The second kappa shape index (κ2) is 11.5. The molecule has 3 heterocycles. The molecule has 7 nitrogen and oxygen atoms in total. The second-order valence-electron chi connectivity index (χ2n) is 7.80. The van der Waals surface area contributed by atoms with Crippen LogP contribution >= 0.6 is 23.5 Å². The van der Waals surface area contributed by atoms with E-state index < -0.39 is 0 Å². The average Bonchev–Trinajstić information content (AvgIpc) is 3.47. The zero-order valence-electron chi connectivity index (χ0n) is 18.3. The highest BCUT2D eigenvalue weighted by molar-refractivity contribution is 7.99. The van der Waals surface area contributed by atoms with E-state index in [1.54, 1.807) is 18.0 Å². The molecule has 9 heteroatoms. The molecule has 2 aromatic heterocycles. The maximum absolute atomic E-state index is 12.4. The SMILES string of the molecule is Cc1ccc(SCCNC(=O)CSc2nnc(N3CCCCC3)n2Cc2ccco2)cc1. The average molecular weight is 472 g/mol. The van der Waals surface area contributed by atoms with Gasteiger partial charge in [-0.2, -0.15) is 0 Å². The summed E-state index contributed by atoms with van der Waals surface area (Å²) in [4.78, 5) is 15.9. The Morgan fingerprint density at radius 3 is 2.66 bits per heavy atom. The van der Waals surface area contributed by atoms with Crippen molar-refractivity contribution in [1.29, 1.82) is 0 Å². The first-order chi connectivity index (χ1) is 15.7. The smallest absolute Gasteiger partial charge is 0.230 e. The number of aryl methyl sites for hydroxylation is 1. The molecule has 4 rings (SSSR count). The third-order valence-corrected chi connectivity index (χ3v) is 7.26. The van der Waals surface area contributed by atoms with Crippen LogP contribution in [0.2, 0.25) is 0 Å². The highest BCUT2D eigenvalue weighted by Gasteiger charge is 2.21. The predicted octanol–water partition coefficient (Wildman–Crippen LogP) is 4.22. The van der Waals surface area contributed by atoms with Gasteiger partial charge < -0.3 is 14.6 Å². The molecule has 0 radical (unpaired) electrons. The van der Waals surface area contributed by atoms with Crippen molar-refractivity contribution in [1.82, 2.24) is 20.1 Å². The maximum Gasteiger partial charge on any atom is 0.230 e. The van der Waals surface area contributed by atoms with Crippen molar-refractivity contribution in [2.75, 3.05) is 36.0 Å². The summed E-state index contributed by atoms with van der Waals surface area (Å²) in [6, 6.07) is 12.3. The number of thioether (sulfide) groups is 2. The third-order valence-electron chi connectivity index (χ3n) is 5.28. The number of nitrogens with one attached hydrogen (secondary N) is 1. The number of benzene rings is 1. The first-order valence-electron chi connectivity index (χ1n) is 11.0. The molecule has 1 aliphatic heterocycles. The van der Waals surface area contributed by atoms with Gasteiger partial charge in [0.15, 0.2) is 5.16 Å². The Labute approximate surface area is 197 Å². The van der Waals surface area contributed by atoms with Gasteiger partial charge in [-0.15, -0.1) is 22.0 Å².